The van der Waals surface area contributed by atoms with Gasteiger partial charge in [0.25, 0.3) is 0 Å². The highest BCUT2D eigenvalue weighted by Crippen LogP contribution is 1.98. The van der Waals surface area contributed by atoms with Crippen molar-refractivity contribution in [3.63, 3.8) is 0 Å². The van der Waals surface area contributed by atoms with Crippen LogP contribution in [0.1, 0.15) is 32.6 Å². The van der Waals surface area contributed by atoms with Crippen molar-refractivity contribution in [1.82, 2.24) is 5.32 Å². The van der Waals surface area contributed by atoms with Crippen molar-refractivity contribution in [2.45, 2.75) is 38.6 Å². The fourth-order valence-electron chi connectivity index (χ4n) is 0.998. The van der Waals surface area contributed by atoms with E-state index in [4.69, 9.17) is 11.5 Å². The number of hydrogen-bond acceptors (Lipinski definition) is 2. The van der Waals surface area contributed by atoms with Crippen molar-refractivity contribution in [1.29, 1.82) is 0 Å². The van der Waals surface area contributed by atoms with E-state index in [1.54, 1.807) is 0 Å². The first-order chi connectivity index (χ1) is 6.61. The summed E-state index contributed by atoms with van der Waals surface area (Å²) < 4.78 is 0. The Morgan fingerprint density at radius 2 is 2.21 bits per heavy atom. The summed E-state index contributed by atoms with van der Waals surface area (Å²) in [5, 5.41) is 11.1. The second-order valence-electron chi connectivity index (χ2n) is 2.95. The molecule has 0 saturated carbocycles. The van der Waals surface area contributed by atoms with Gasteiger partial charge in [-0.05, 0) is 6.42 Å². The molecule has 4 nitrogen and oxygen atoms in total. The minimum Gasteiger partial charge on any atom is -0.480 e. The zero-order valence-corrected chi connectivity index (χ0v) is 8.25. The molecule has 0 aromatic rings. The van der Waals surface area contributed by atoms with Crippen LogP contribution < -0.4 is 5.32 Å². The molecule has 14 heavy (non-hydrogen) atoms. The van der Waals surface area contributed by atoms with E-state index in [2.05, 4.69) is 11.2 Å². The Bertz CT molecular complexity index is 242. The predicted octanol–water partition coefficient (Wildman–Crippen LogP) is 0.769. The van der Waals surface area contributed by atoms with E-state index >= 15 is 0 Å². The zero-order chi connectivity index (χ0) is 11.0. The number of rotatable bonds is 6. The van der Waals surface area contributed by atoms with Gasteiger partial charge in [0.15, 0.2) is 0 Å². The van der Waals surface area contributed by atoms with E-state index in [0.717, 1.165) is 0 Å². The standard InChI is InChI=1S/C10H15NO3/c1-3-5-7-9(12)11-8(6-4-2)10(13)14/h1,8H,4-7H2,2H3,(H,11,12)(H,13,14). The lowest BCUT2D eigenvalue weighted by molar-refractivity contribution is -0.142. The molecule has 0 aliphatic rings. The molecule has 78 valence electrons. The largest absolute Gasteiger partial charge is 0.480 e. The number of amides is 1. The molecule has 0 saturated heterocycles. The monoisotopic (exact) mass is 197 g/mol. The first-order valence-electron chi connectivity index (χ1n) is 4.57. The van der Waals surface area contributed by atoms with E-state index in [1.807, 2.05) is 6.92 Å². The molecule has 0 radical (unpaired) electrons. The number of terminal acetylenes is 1. The van der Waals surface area contributed by atoms with Crippen molar-refractivity contribution >= 4 is 11.9 Å². The highest BCUT2D eigenvalue weighted by Gasteiger charge is 2.17. The lowest BCUT2D eigenvalue weighted by atomic mass is 10.1. The minimum absolute atomic E-state index is 0.185. The van der Waals surface area contributed by atoms with Gasteiger partial charge in [-0.15, -0.1) is 12.3 Å². The Hall–Kier alpha value is -1.50. The van der Waals surface area contributed by atoms with E-state index in [1.165, 1.54) is 0 Å². The van der Waals surface area contributed by atoms with Crippen LogP contribution in [0.25, 0.3) is 0 Å². The third kappa shape index (κ3) is 5.20. The highest BCUT2D eigenvalue weighted by molar-refractivity contribution is 5.83. The molecule has 0 aliphatic carbocycles. The van der Waals surface area contributed by atoms with Crippen molar-refractivity contribution in [3.8, 4) is 12.3 Å². The maximum Gasteiger partial charge on any atom is 0.326 e. The van der Waals surface area contributed by atoms with Crippen LogP contribution in [0.4, 0.5) is 0 Å². The molecule has 0 spiro atoms. The number of carbonyl (C=O) groups excluding carboxylic acids is 1. The van der Waals surface area contributed by atoms with Gasteiger partial charge in [-0.1, -0.05) is 13.3 Å². The second-order valence-corrected chi connectivity index (χ2v) is 2.95. The number of aliphatic carboxylic acids is 1. The SMILES string of the molecule is C#CCCC(=O)NC(CCC)C(=O)O. The summed E-state index contributed by atoms with van der Waals surface area (Å²) in [5.41, 5.74) is 0. The average Bonchev–Trinajstić information content (AvgIpc) is 2.14. The van der Waals surface area contributed by atoms with Crippen molar-refractivity contribution in [2.24, 2.45) is 0 Å². The summed E-state index contributed by atoms with van der Waals surface area (Å²) in [4.78, 5) is 21.8. The summed E-state index contributed by atoms with van der Waals surface area (Å²) in [5.74, 6) is 1.02. The van der Waals surface area contributed by atoms with Gasteiger partial charge in [0.1, 0.15) is 6.04 Å². The van der Waals surface area contributed by atoms with Gasteiger partial charge in [0, 0.05) is 12.8 Å². The molecular formula is C10H15NO3. The fourth-order valence-corrected chi connectivity index (χ4v) is 0.998. The number of carboxylic acid groups (broad SMARTS) is 1. The summed E-state index contributed by atoms with van der Waals surface area (Å²) in [6.45, 7) is 1.86. The van der Waals surface area contributed by atoms with Crippen molar-refractivity contribution in [2.75, 3.05) is 0 Å². The lowest BCUT2D eigenvalue weighted by Gasteiger charge is -2.12. The van der Waals surface area contributed by atoms with Crippen LogP contribution >= 0.6 is 0 Å². The Kier molecular flexibility index (Phi) is 6.21. The molecule has 0 rings (SSSR count). The molecule has 0 aromatic carbocycles. The van der Waals surface area contributed by atoms with E-state index < -0.39 is 12.0 Å². The molecule has 1 unspecified atom stereocenters. The van der Waals surface area contributed by atoms with Crippen LogP contribution in [0.15, 0.2) is 0 Å². The van der Waals surface area contributed by atoms with Gasteiger partial charge in [-0.3, -0.25) is 4.79 Å². The zero-order valence-electron chi connectivity index (χ0n) is 8.25. The van der Waals surface area contributed by atoms with Crippen molar-refractivity contribution in [3.05, 3.63) is 0 Å². The van der Waals surface area contributed by atoms with Gasteiger partial charge in [-0.2, -0.15) is 0 Å². The van der Waals surface area contributed by atoms with E-state index in [-0.39, 0.29) is 12.3 Å². The van der Waals surface area contributed by atoms with Crippen LogP contribution in [0, 0.1) is 12.3 Å². The number of nitrogens with one attached hydrogen (secondary N) is 1. The fraction of sp³-hybridized carbons (Fsp3) is 0.600. The van der Waals surface area contributed by atoms with E-state index in [9.17, 15) is 9.59 Å². The van der Waals surface area contributed by atoms with Crippen LogP contribution in [-0.4, -0.2) is 23.0 Å². The highest BCUT2D eigenvalue weighted by atomic mass is 16.4. The summed E-state index contributed by atoms with van der Waals surface area (Å²) in [6, 6.07) is -0.787. The average molecular weight is 197 g/mol. The van der Waals surface area contributed by atoms with Gasteiger partial charge in [0.2, 0.25) is 5.91 Å². The van der Waals surface area contributed by atoms with Gasteiger partial charge >= 0.3 is 5.97 Å². The molecule has 4 heteroatoms. The molecule has 1 amide bonds. The molecule has 2 N–H and O–H groups in total. The molecular weight excluding hydrogens is 182 g/mol. The third-order valence-electron chi connectivity index (χ3n) is 1.71. The third-order valence-corrected chi connectivity index (χ3v) is 1.71. The summed E-state index contributed by atoms with van der Waals surface area (Å²) in [6.07, 6.45) is 6.66. The van der Waals surface area contributed by atoms with Crippen LogP contribution in [0.2, 0.25) is 0 Å². The Morgan fingerprint density at radius 1 is 1.57 bits per heavy atom. The molecule has 1 atom stereocenters. The topological polar surface area (TPSA) is 66.4 Å². The molecule has 0 heterocycles. The molecule has 0 aliphatic heterocycles. The van der Waals surface area contributed by atoms with Gasteiger partial charge < -0.3 is 10.4 Å². The first kappa shape index (κ1) is 12.5. The lowest BCUT2D eigenvalue weighted by Crippen LogP contribution is -2.40. The van der Waals surface area contributed by atoms with Crippen LogP contribution in [0.5, 0.6) is 0 Å². The first-order valence-corrected chi connectivity index (χ1v) is 4.57. The van der Waals surface area contributed by atoms with Crippen LogP contribution in [-0.2, 0) is 9.59 Å². The van der Waals surface area contributed by atoms with Crippen molar-refractivity contribution < 1.29 is 14.7 Å². The minimum atomic E-state index is -0.999. The van der Waals surface area contributed by atoms with Gasteiger partial charge in [-0.25, -0.2) is 4.79 Å². The van der Waals surface area contributed by atoms with Gasteiger partial charge in [0.05, 0.1) is 0 Å². The second kappa shape index (κ2) is 6.96. The maximum atomic E-state index is 11.1. The Morgan fingerprint density at radius 3 is 2.64 bits per heavy atom. The summed E-state index contributed by atoms with van der Waals surface area (Å²) in [7, 11) is 0. The number of carbonyl (C=O) groups is 2. The molecule has 0 fully saturated rings. The quantitative estimate of drug-likeness (QED) is 0.618. The molecule has 0 aromatic heterocycles. The normalized spacial score (nSPS) is 11.4. The number of hydrogen-bond donors (Lipinski definition) is 2. The Balaban J connectivity index is 3.97. The number of carboxylic acids is 1. The van der Waals surface area contributed by atoms with E-state index in [0.29, 0.717) is 19.3 Å². The van der Waals surface area contributed by atoms with Crippen LogP contribution in [0.3, 0.4) is 0 Å². The molecule has 0 bridgehead atoms. The maximum absolute atomic E-state index is 11.1. The predicted molar refractivity (Wildman–Crippen MR) is 52.5 cm³/mol. The smallest absolute Gasteiger partial charge is 0.326 e. The summed E-state index contributed by atoms with van der Waals surface area (Å²) >= 11 is 0. The Labute approximate surface area is 83.7 Å².